The zero-order valence-corrected chi connectivity index (χ0v) is 21.2. The van der Waals surface area contributed by atoms with Gasteiger partial charge in [-0.15, -0.1) is 0 Å². The number of fused-ring (bicyclic) bond motifs is 3. The van der Waals surface area contributed by atoms with Crippen LogP contribution in [0.15, 0.2) is 18.2 Å². The molecular formula is C27H30N2O9. The van der Waals surface area contributed by atoms with E-state index in [9.17, 15) is 29.7 Å². The number of rotatable bonds is 4. The number of hydrogen-bond donors (Lipinski definition) is 5. The molecule has 2 aromatic carbocycles. The first-order valence-corrected chi connectivity index (χ1v) is 12.3. The largest absolute Gasteiger partial charge is 0.507 e. The Bertz CT molecular complexity index is 1360. The monoisotopic (exact) mass is 526 g/mol. The van der Waals surface area contributed by atoms with Gasteiger partial charge in [0.25, 0.3) is 0 Å². The van der Waals surface area contributed by atoms with Gasteiger partial charge in [-0.1, -0.05) is 12.1 Å². The van der Waals surface area contributed by atoms with Gasteiger partial charge >= 0.3 is 0 Å². The Morgan fingerprint density at radius 2 is 1.82 bits per heavy atom. The van der Waals surface area contributed by atoms with Crippen LogP contribution in [0.3, 0.4) is 0 Å². The van der Waals surface area contributed by atoms with Gasteiger partial charge in [0.15, 0.2) is 12.1 Å². The van der Waals surface area contributed by atoms with Gasteiger partial charge in [0.2, 0.25) is 5.78 Å². The molecule has 1 heterocycles. The summed E-state index contributed by atoms with van der Waals surface area (Å²) in [5.74, 6) is -2.73. The van der Waals surface area contributed by atoms with E-state index in [0.29, 0.717) is 0 Å². The van der Waals surface area contributed by atoms with Gasteiger partial charge in [-0.05, 0) is 19.9 Å². The first-order valence-electron chi connectivity index (χ1n) is 12.3. The van der Waals surface area contributed by atoms with Crippen molar-refractivity contribution >= 4 is 17.3 Å². The number of benzene rings is 2. The summed E-state index contributed by atoms with van der Waals surface area (Å²) in [4.78, 5) is 39.8. The van der Waals surface area contributed by atoms with Crippen molar-refractivity contribution in [2.24, 2.45) is 11.5 Å². The Labute approximate surface area is 218 Å². The van der Waals surface area contributed by atoms with E-state index in [-0.39, 0.29) is 58.4 Å². The lowest BCUT2D eigenvalue weighted by molar-refractivity contribution is -0.243. The summed E-state index contributed by atoms with van der Waals surface area (Å²) in [5, 5.41) is 33.0. The van der Waals surface area contributed by atoms with Crippen LogP contribution in [0.1, 0.15) is 75.8 Å². The molecule has 6 atom stereocenters. The van der Waals surface area contributed by atoms with Crippen molar-refractivity contribution in [1.82, 2.24) is 0 Å². The average Bonchev–Trinajstić information content (AvgIpc) is 2.87. The molecule has 38 heavy (non-hydrogen) atoms. The van der Waals surface area contributed by atoms with Crippen molar-refractivity contribution in [2.45, 2.75) is 69.3 Å². The van der Waals surface area contributed by atoms with E-state index in [1.807, 2.05) is 0 Å². The molecule has 1 aliphatic heterocycles. The van der Waals surface area contributed by atoms with Crippen LogP contribution in [0.5, 0.6) is 17.2 Å². The molecule has 5 rings (SSSR count). The summed E-state index contributed by atoms with van der Waals surface area (Å²) in [6, 6.07) is 3.85. The Hall–Kier alpha value is -3.35. The molecule has 2 aliphatic carbocycles. The molecule has 0 saturated carbocycles. The van der Waals surface area contributed by atoms with Crippen LogP contribution in [-0.4, -0.2) is 69.9 Å². The summed E-state index contributed by atoms with van der Waals surface area (Å²) in [7, 11) is 1.35. The van der Waals surface area contributed by atoms with E-state index in [0.717, 1.165) is 0 Å². The minimum atomic E-state index is -1.50. The van der Waals surface area contributed by atoms with Crippen LogP contribution in [0, 0.1) is 0 Å². The lowest BCUT2D eigenvalue weighted by Crippen LogP contribution is -2.54. The fourth-order valence-electron chi connectivity index (χ4n) is 5.71. The van der Waals surface area contributed by atoms with E-state index in [2.05, 4.69) is 0 Å². The highest BCUT2D eigenvalue weighted by atomic mass is 16.7. The molecule has 0 aromatic heterocycles. The maximum absolute atomic E-state index is 13.6. The first-order chi connectivity index (χ1) is 17.9. The highest BCUT2D eigenvalue weighted by Crippen LogP contribution is 2.52. The zero-order valence-electron chi connectivity index (χ0n) is 21.2. The molecule has 11 heteroatoms. The Kier molecular flexibility index (Phi) is 6.32. The summed E-state index contributed by atoms with van der Waals surface area (Å²) >= 11 is 0. The minimum Gasteiger partial charge on any atom is -0.507 e. The molecular weight excluding hydrogens is 496 g/mol. The van der Waals surface area contributed by atoms with E-state index in [1.54, 1.807) is 13.0 Å². The Morgan fingerprint density at radius 3 is 2.45 bits per heavy atom. The number of aromatic hydroxyl groups is 2. The van der Waals surface area contributed by atoms with E-state index in [1.165, 1.54) is 26.2 Å². The summed E-state index contributed by atoms with van der Waals surface area (Å²) in [6.07, 6.45) is -3.79. The summed E-state index contributed by atoms with van der Waals surface area (Å²) in [6.45, 7) is 2.94. The number of phenolic OH excluding ortho intramolecular Hbond substituents is 2. The molecule has 2 aromatic rings. The van der Waals surface area contributed by atoms with Crippen LogP contribution in [0.25, 0.3) is 0 Å². The Morgan fingerprint density at radius 1 is 1.13 bits per heavy atom. The molecule has 0 spiro atoms. The van der Waals surface area contributed by atoms with Crippen LogP contribution >= 0.6 is 0 Å². The molecule has 1 saturated heterocycles. The average molecular weight is 527 g/mol. The first kappa shape index (κ1) is 26.3. The number of carbonyl (C=O) groups is 3. The second-order valence-electron chi connectivity index (χ2n) is 10.3. The zero-order chi connectivity index (χ0) is 27.7. The molecule has 7 N–H and O–H groups in total. The van der Waals surface area contributed by atoms with Crippen LogP contribution in [0.4, 0.5) is 0 Å². The van der Waals surface area contributed by atoms with E-state index < -0.39 is 65.0 Å². The maximum atomic E-state index is 13.6. The normalized spacial score (nSPS) is 30.3. The number of methoxy groups -OCH3 is 1. The van der Waals surface area contributed by atoms with Crippen molar-refractivity contribution in [3.63, 3.8) is 0 Å². The number of phenols is 2. The third-order valence-corrected chi connectivity index (χ3v) is 7.89. The van der Waals surface area contributed by atoms with Gasteiger partial charge in [-0.2, -0.15) is 0 Å². The van der Waals surface area contributed by atoms with Crippen molar-refractivity contribution in [3.05, 3.63) is 51.6 Å². The van der Waals surface area contributed by atoms with Crippen molar-refractivity contribution < 1.29 is 43.9 Å². The number of ketones is 3. The molecule has 0 unspecified atom stereocenters. The number of carbonyl (C=O) groups excluding carboxylic acids is 3. The lowest BCUT2D eigenvalue weighted by Gasteiger charge is -2.42. The molecule has 0 amide bonds. The number of ether oxygens (including phenoxy) is 3. The smallest absolute Gasteiger partial charge is 0.202 e. The fourth-order valence-corrected chi connectivity index (χ4v) is 5.71. The number of hydrogen-bond acceptors (Lipinski definition) is 11. The maximum Gasteiger partial charge on any atom is 0.202 e. The third-order valence-electron chi connectivity index (χ3n) is 7.89. The standard InChI is InChI=1S/C27H30N2O9/c1-10-22(31)14(28)7-17(37-10)38-16-9-27(29,11(2)30)8-13-19(16)26(35)20-21(24(13)33)25(34)18-12(23(20)32)5-4-6-15(18)36-3/h4-6,10,14,16-17,22,31,33,35H,7-9,28-29H2,1-3H3/t10-,14-,16-,17-,22-,27-/m0/s1. The minimum absolute atomic E-state index is 0.0195. The van der Waals surface area contributed by atoms with Crippen LogP contribution < -0.4 is 16.2 Å². The second kappa shape index (κ2) is 9.14. The van der Waals surface area contributed by atoms with Gasteiger partial charge in [0.05, 0.1) is 47.7 Å². The quantitative estimate of drug-likeness (QED) is 0.305. The molecule has 0 radical (unpaired) electrons. The van der Waals surface area contributed by atoms with Crippen molar-refractivity contribution in [3.8, 4) is 17.2 Å². The number of nitrogens with two attached hydrogens (primary N) is 2. The molecule has 1 fully saturated rings. The lowest BCUT2D eigenvalue weighted by atomic mass is 9.71. The summed E-state index contributed by atoms with van der Waals surface area (Å²) in [5.41, 5.74) is 10.3. The molecule has 202 valence electrons. The van der Waals surface area contributed by atoms with Gasteiger partial charge in [0.1, 0.15) is 23.0 Å². The van der Waals surface area contributed by atoms with Gasteiger partial charge in [0, 0.05) is 42.0 Å². The number of aliphatic hydroxyl groups excluding tert-OH is 1. The van der Waals surface area contributed by atoms with Gasteiger partial charge in [-0.25, -0.2) is 0 Å². The Balaban J connectivity index is 1.68. The van der Waals surface area contributed by atoms with E-state index >= 15 is 0 Å². The van der Waals surface area contributed by atoms with Crippen molar-refractivity contribution in [1.29, 1.82) is 0 Å². The highest BCUT2D eigenvalue weighted by molar-refractivity contribution is 6.31. The van der Waals surface area contributed by atoms with Crippen LogP contribution in [0.2, 0.25) is 0 Å². The van der Waals surface area contributed by atoms with Gasteiger partial charge < -0.3 is 41.0 Å². The molecule has 11 nitrogen and oxygen atoms in total. The predicted octanol–water partition coefficient (Wildman–Crippen LogP) is 0.995. The fraction of sp³-hybridized carbons (Fsp3) is 0.444. The van der Waals surface area contributed by atoms with E-state index in [4.69, 9.17) is 25.7 Å². The predicted molar refractivity (Wildman–Crippen MR) is 132 cm³/mol. The SMILES string of the molecule is COc1cccc2c1C(=O)c1c(O)c3c(c(O)c1C2=O)[C@@H](O[C@H]1C[C@H](N)[C@@H](O)[C@H](C)O1)C[C@](N)(C(C)=O)C3. The van der Waals surface area contributed by atoms with Crippen LogP contribution in [-0.2, 0) is 20.7 Å². The second-order valence-corrected chi connectivity index (χ2v) is 10.3. The summed E-state index contributed by atoms with van der Waals surface area (Å²) < 4.78 is 17.2. The van der Waals surface area contributed by atoms with Crippen molar-refractivity contribution in [2.75, 3.05) is 7.11 Å². The number of aliphatic hydroxyl groups is 1. The molecule has 0 bridgehead atoms. The van der Waals surface area contributed by atoms with Gasteiger partial charge in [-0.3, -0.25) is 14.4 Å². The highest BCUT2D eigenvalue weighted by Gasteiger charge is 2.48. The topological polar surface area (TPSA) is 192 Å². The number of Topliss-reactive ketones (excluding diaryl/α,β-unsaturated/α-hetero) is 1. The molecule has 3 aliphatic rings. The third kappa shape index (κ3) is 3.81.